The van der Waals surface area contributed by atoms with E-state index in [0.29, 0.717) is 5.69 Å². The van der Waals surface area contributed by atoms with E-state index >= 15 is 0 Å². The standard InChI is InChI=1S/C13H7BrFN/c14-12-2-1-9-16-13(12)8-5-10-3-6-11(15)7-4-10/h1-4,6-7,9H. The molecule has 16 heavy (non-hydrogen) atoms. The summed E-state index contributed by atoms with van der Waals surface area (Å²) in [6.07, 6.45) is 1.68. The molecule has 0 N–H and O–H groups in total. The Morgan fingerprint density at radius 2 is 1.81 bits per heavy atom. The fraction of sp³-hybridized carbons (Fsp3) is 0. The molecule has 2 aromatic rings. The molecule has 0 saturated heterocycles. The monoisotopic (exact) mass is 275 g/mol. The number of halogens is 2. The molecule has 3 heteroatoms. The summed E-state index contributed by atoms with van der Waals surface area (Å²) in [5.41, 5.74) is 1.44. The molecule has 0 aliphatic heterocycles. The summed E-state index contributed by atoms with van der Waals surface area (Å²) >= 11 is 3.36. The van der Waals surface area contributed by atoms with Crippen molar-refractivity contribution in [3.8, 4) is 11.8 Å². The lowest BCUT2D eigenvalue weighted by molar-refractivity contribution is 0.627. The van der Waals surface area contributed by atoms with E-state index in [9.17, 15) is 4.39 Å². The molecule has 0 atom stereocenters. The van der Waals surface area contributed by atoms with Crippen LogP contribution in [0.5, 0.6) is 0 Å². The van der Waals surface area contributed by atoms with Crippen LogP contribution in [0, 0.1) is 17.7 Å². The third kappa shape index (κ3) is 2.68. The van der Waals surface area contributed by atoms with Gasteiger partial charge in [-0.1, -0.05) is 5.92 Å². The Labute approximate surface area is 101 Å². The minimum atomic E-state index is -0.260. The smallest absolute Gasteiger partial charge is 0.127 e. The first-order chi connectivity index (χ1) is 7.75. The summed E-state index contributed by atoms with van der Waals surface area (Å²) in [5.74, 6) is 5.58. The van der Waals surface area contributed by atoms with Crippen molar-refractivity contribution in [1.29, 1.82) is 0 Å². The molecule has 2 rings (SSSR count). The van der Waals surface area contributed by atoms with Gasteiger partial charge in [0.25, 0.3) is 0 Å². The molecule has 1 aromatic heterocycles. The third-order valence-corrected chi connectivity index (χ3v) is 2.57. The summed E-state index contributed by atoms with van der Waals surface area (Å²) in [6.45, 7) is 0. The molecule has 0 aliphatic carbocycles. The zero-order valence-corrected chi connectivity index (χ0v) is 9.83. The Hall–Kier alpha value is -1.66. The van der Waals surface area contributed by atoms with Crippen molar-refractivity contribution in [2.75, 3.05) is 0 Å². The minimum Gasteiger partial charge on any atom is -0.247 e. The van der Waals surface area contributed by atoms with Gasteiger partial charge in [0.15, 0.2) is 0 Å². The van der Waals surface area contributed by atoms with Gasteiger partial charge in [0, 0.05) is 11.8 Å². The number of rotatable bonds is 0. The molecule has 1 heterocycles. The van der Waals surface area contributed by atoms with E-state index in [-0.39, 0.29) is 5.82 Å². The van der Waals surface area contributed by atoms with E-state index in [0.717, 1.165) is 10.0 Å². The average Bonchev–Trinajstić information content (AvgIpc) is 2.30. The fourth-order valence-corrected chi connectivity index (χ4v) is 1.50. The fourth-order valence-electron chi connectivity index (χ4n) is 1.14. The summed E-state index contributed by atoms with van der Waals surface area (Å²) in [7, 11) is 0. The first kappa shape index (κ1) is 10.8. The lowest BCUT2D eigenvalue weighted by Gasteiger charge is -1.92. The van der Waals surface area contributed by atoms with Crippen LogP contribution >= 0.6 is 15.9 Å². The molecule has 0 amide bonds. The number of benzene rings is 1. The molecule has 1 aromatic carbocycles. The molecule has 0 saturated carbocycles. The first-order valence-corrected chi connectivity index (χ1v) is 5.43. The van der Waals surface area contributed by atoms with Gasteiger partial charge in [-0.15, -0.1) is 0 Å². The lowest BCUT2D eigenvalue weighted by Crippen LogP contribution is -1.83. The quantitative estimate of drug-likeness (QED) is 0.672. The van der Waals surface area contributed by atoms with Crippen molar-refractivity contribution in [3.05, 3.63) is 64.1 Å². The third-order valence-electron chi connectivity index (χ3n) is 1.93. The van der Waals surface area contributed by atoms with Crippen molar-refractivity contribution >= 4 is 15.9 Å². The van der Waals surface area contributed by atoms with E-state index in [2.05, 4.69) is 32.8 Å². The zero-order valence-electron chi connectivity index (χ0n) is 8.24. The molecule has 0 radical (unpaired) electrons. The lowest BCUT2D eigenvalue weighted by atomic mass is 10.2. The van der Waals surface area contributed by atoms with Crippen LogP contribution in [-0.2, 0) is 0 Å². The Morgan fingerprint density at radius 1 is 1.06 bits per heavy atom. The second-order valence-electron chi connectivity index (χ2n) is 3.09. The van der Waals surface area contributed by atoms with Gasteiger partial charge in [-0.05, 0) is 58.2 Å². The van der Waals surface area contributed by atoms with Crippen LogP contribution in [-0.4, -0.2) is 4.98 Å². The van der Waals surface area contributed by atoms with Crippen LogP contribution in [0.1, 0.15) is 11.3 Å². The van der Waals surface area contributed by atoms with Crippen LogP contribution in [0.25, 0.3) is 0 Å². The number of hydrogen-bond donors (Lipinski definition) is 0. The minimum absolute atomic E-state index is 0.260. The van der Waals surface area contributed by atoms with Crippen molar-refractivity contribution in [2.24, 2.45) is 0 Å². The normalized spacial score (nSPS) is 9.38. The Bertz CT molecular complexity index is 552. The van der Waals surface area contributed by atoms with Crippen molar-refractivity contribution in [2.45, 2.75) is 0 Å². The Kier molecular flexibility index (Phi) is 3.33. The SMILES string of the molecule is Fc1ccc(C#Cc2ncccc2Br)cc1. The van der Waals surface area contributed by atoms with Gasteiger partial charge in [-0.3, -0.25) is 0 Å². The van der Waals surface area contributed by atoms with Gasteiger partial charge >= 0.3 is 0 Å². The maximum absolute atomic E-state index is 12.6. The largest absolute Gasteiger partial charge is 0.247 e. The van der Waals surface area contributed by atoms with Crippen molar-refractivity contribution < 1.29 is 4.39 Å². The van der Waals surface area contributed by atoms with Gasteiger partial charge in [0.1, 0.15) is 11.5 Å². The van der Waals surface area contributed by atoms with Crippen LogP contribution in [0.15, 0.2) is 47.1 Å². The molecule has 78 valence electrons. The number of pyridine rings is 1. The number of aromatic nitrogens is 1. The summed E-state index contributed by atoms with van der Waals surface area (Å²) in [4.78, 5) is 4.12. The van der Waals surface area contributed by atoms with Crippen molar-refractivity contribution in [3.63, 3.8) is 0 Å². The molecule has 0 aliphatic rings. The summed E-state index contributed by atoms with van der Waals surface area (Å²) < 4.78 is 13.5. The zero-order chi connectivity index (χ0) is 11.4. The van der Waals surface area contributed by atoms with Crippen LogP contribution in [0.4, 0.5) is 4.39 Å². The highest BCUT2D eigenvalue weighted by atomic mass is 79.9. The van der Waals surface area contributed by atoms with E-state index in [4.69, 9.17) is 0 Å². The molecular formula is C13H7BrFN. The molecule has 0 fully saturated rings. The maximum Gasteiger partial charge on any atom is 0.127 e. The van der Waals surface area contributed by atoms with Crippen LogP contribution in [0.3, 0.4) is 0 Å². The van der Waals surface area contributed by atoms with Gasteiger partial charge in [-0.2, -0.15) is 0 Å². The van der Waals surface area contributed by atoms with Gasteiger partial charge in [-0.25, -0.2) is 9.37 Å². The topological polar surface area (TPSA) is 12.9 Å². The van der Waals surface area contributed by atoms with E-state index in [1.807, 2.05) is 12.1 Å². The van der Waals surface area contributed by atoms with Crippen molar-refractivity contribution in [1.82, 2.24) is 4.98 Å². The molecule has 0 unspecified atom stereocenters. The molecular weight excluding hydrogens is 269 g/mol. The van der Waals surface area contributed by atoms with Gasteiger partial charge < -0.3 is 0 Å². The number of nitrogens with zero attached hydrogens (tertiary/aromatic N) is 1. The second kappa shape index (κ2) is 4.91. The van der Waals surface area contributed by atoms with E-state index in [1.54, 1.807) is 18.3 Å². The number of hydrogen-bond acceptors (Lipinski definition) is 1. The summed E-state index contributed by atoms with van der Waals surface area (Å²) in [5, 5.41) is 0. The van der Waals surface area contributed by atoms with E-state index in [1.165, 1.54) is 12.1 Å². The molecule has 0 bridgehead atoms. The van der Waals surface area contributed by atoms with Gasteiger partial charge in [0.05, 0.1) is 4.47 Å². The first-order valence-electron chi connectivity index (χ1n) is 4.64. The Morgan fingerprint density at radius 3 is 2.50 bits per heavy atom. The highest BCUT2D eigenvalue weighted by molar-refractivity contribution is 9.10. The predicted octanol–water partition coefficient (Wildman–Crippen LogP) is 3.38. The van der Waals surface area contributed by atoms with Gasteiger partial charge in [0.2, 0.25) is 0 Å². The summed E-state index contributed by atoms with van der Waals surface area (Å²) in [6, 6.07) is 9.75. The van der Waals surface area contributed by atoms with E-state index < -0.39 is 0 Å². The van der Waals surface area contributed by atoms with Crippen LogP contribution in [0.2, 0.25) is 0 Å². The maximum atomic E-state index is 12.6. The molecule has 1 nitrogen and oxygen atoms in total. The molecule has 0 spiro atoms. The Balaban J connectivity index is 2.29. The highest BCUT2D eigenvalue weighted by Gasteiger charge is 1.94. The second-order valence-corrected chi connectivity index (χ2v) is 3.95. The highest BCUT2D eigenvalue weighted by Crippen LogP contribution is 2.11. The average molecular weight is 276 g/mol. The predicted molar refractivity (Wildman–Crippen MR) is 64.3 cm³/mol. The van der Waals surface area contributed by atoms with Crippen LogP contribution < -0.4 is 0 Å².